The molecular formula is C15H22N4O. The van der Waals surface area contributed by atoms with Crippen LogP contribution in [-0.4, -0.2) is 27.4 Å². The molecule has 108 valence electrons. The zero-order valence-corrected chi connectivity index (χ0v) is 12.2. The van der Waals surface area contributed by atoms with E-state index in [1.165, 1.54) is 5.69 Å². The Morgan fingerprint density at radius 2 is 2.05 bits per heavy atom. The predicted octanol–water partition coefficient (Wildman–Crippen LogP) is 1.34. The van der Waals surface area contributed by atoms with Gasteiger partial charge in [0.1, 0.15) is 0 Å². The van der Waals surface area contributed by atoms with Crippen molar-refractivity contribution >= 4 is 0 Å². The molecule has 0 unspecified atom stereocenters. The molecule has 0 aliphatic carbocycles. The lowest BCUT2D eigenvalue weighted by Crippen LogP contribution is -2.27. The van der Waals surface area contributed by atoms with Gasteiger partial charge in [-0.3, -0.25) is 9.48 Å². The maximum absolute atomic E-state index is 11.5. The Morgan fingerprint density at radius 1 is 1.20 bits per heavy atom. The van der Waals surface area contributed by atoms with Crippen LogP contribution in [0, 0.1) is 13.8 Å². The first-order valence-electron chi connectivity index (χ1n) is 7.04. The molecule has 0 aromatic carbocycles. The van der Waals surface area contributed by atoms with Crippen LogP contribution >= 0.6 is 0 Å². The average molecular weight is 274 g/mol. The molecule has 0 saturated heterocycles. The topological polar surface area (TPSA) is 51.9 Å². The first-order chi connectivity index (χ1) is 9.66. The molecule has 2 aromatic rings. The Balaban J connectivity index is 1.64. The molecule has 0 aliphatic rings. The van der Waals surface area contributed by atoms with Gasteiger partial charge in [0.25, 0.3) is 5.56 Å². The van der Waals surface area contributed by atoms with Crippen LogP contribution in [0.3, 0.4) is 0 Å². The highest BCUT2D eigenvalue weighted by Gasteiger charge is 1.99. The van der Waals surface area contributed by atoms with E-state index in [9.17, 15) is 4.79 Å². The minimum absolute atomic E-state index is 0.0527. The highest BCUT2D eigenvalue weighted by molar-refractivity contribution is 5.06. The molecule has 0 spiro atoms. The van der Waals surface area contributed by atoms with Crippen LogP contribution in [0.1, 0.15) is 17.8 Å². The van der Waals surface area contributed by atoms with E-state index >= 15 is 0 Å². The molecule has 0 aliphatic heterocycles. The molecule has 5 heteroatoms. The van der Waals surface area contributed by atoms with Gasteiger partial charge in [0.2, 0.25) is 0 Å². The van der Waals surface area contributed by atoms with Crippen LogP contribution < -0.4 is 10.9 Å². The second kappa shape index (κ2) is 7.05. The summed E-state index contributed by atoms with van der Waals surface area (Å²) in [6.07, 6.45) is 2.85. The van der Waals surface area contributed by atoms with Gasteiger partial charge in [0, 0.05) is 37.6 Å². The van der Waals surface area contributed by atoms with Crippen molar-refractivity contribution < 1.29 is 0 Å². The highest BCUT2D eigenvalue weighted by Crippen LogP contribution is 2.02. The minimum atomic E-state index is 0.0527. The predicted molar refractivity (Wildman–Crippen MR) is 79.9 cm³/mol. The van der Waals surface area contributed by atoms with Gasteiger partial charge in [-0.15, -0.1) is 0 Å². The van der Waals surface area contributed by atoms with E-state index in [1.54, 1.807) is 16.7 Å². The summed E-state index contributed by atoms with van der Waals surface area (Å²) in [6.45, 7) is 7.47. The fourth-order valence-electron chi connectivity index (χ4n) is 2.23. The lowest BCUT2D eigenvalue weighted by Gasteiger charge is -2.08. The van der Waals surface area contributed by atoms with Gasteiger partial charge in [0.05, 0.1) is 5.69 Å². The van der Waals surface area contributed by atoms with E-state index in [2.05, 4.69) is 23.4 Å². The van der Waals surface area contributed by atoms with Gasteiger partial charge in [0.15, 0.2) is 0 Å². The molecule has 5 nitrogen and oxygen atoms in total. The van der Waals surface area contributed by atoms with Gasteiger partial charge < -0.3 is 9.88 Å². The van der Waals surface area contributed by atoms with Gasteiger partial charge in [-0.05, 0) is 38.9 Å². The SMILES string of the molecule is Cc1cc(C)n(CCCNCCn2ccccc2=O)n1. The Bertz CT molecular complexity index is 600. The Hall–Kier alpha value is -1.88. The number of pyridine rings is 1. The Morgan fingerprint density at radius 3 is 2.75 bits per heavy atom. The van der Waals surface area contributed by atoms with Crippen LogP contribution in [0.2, 0.25) is 0 Å². The molecule has 2 heterocycles. The smallest absolute Gasteiger partial charge is 0.250 e. The summed E-state index contributed by atoms with van der Waals surface area (Å²) in [5.74, 6) is 0. The second-order valence-electron chi connectivity index (χ2n) is 4.99. The number of nitrogens with one attached hydrogen (secondary N) is 1. The largest absolute Gasteiger partial charge is 0.315 e. The summed E-state index contributed by atoms with van der Waals surface area (Å²) in [4.78, 5) is 11.5. The number of hydrogen-bond acceptors (Lipinski definition) is 3. The van der Waals surface area contributed by atoms with Crippen molar-refractivity contribution in [2.45, 2.75) is 33.4 Å². The van der Waals surface area contributed by atoms with Crippen molar-refractivity contribution in [2.75, 3.05) is 13.1 Å². The van der Waals surface area contributed by atoms with E-state index in [-0.39, 0.29) is 5.56 Å². The molecule has 0 amide bonds. The molecule has 20 heavy (non-hydrogen) atoms. The van der Waals surface area contributed by atoms with Crippen LogP contribution in [0.4, 0.5) is 0 Å². The maximum atomic E-state index is 11.5. The van der Waals surface area contributed by atoms with Crippen molar-refractivity contribution in [1.29, 1.82) is 0 Å². The van der Waals surface area contributed by atoms with Gasteiger partial charge >= 0.3 is 0 Å². The highest BCUT2D eigenvalue weighted by atomic mass is 16.1. The molecule has 0 atom stereocenters. The minimum Gasteiger partial charge on any atom is -0.315 e. The first kappa shape index (κ1) is 14.5. The molecule has 0 fully saturated rings. The normalized spacial score (nSPS) is 10.9. The van der Waals surface area contributed by atoms with E-state index < -0.39 is 0 Å². The van der Waals surface area contributed by atoms with E-state index in [0.29, 0.717) is 6.54 Å². The molecule has 1 N–H and O–H groups in total. The number of rotatable bonds is 7. The van der Waals surface area contributed by atoms with Crippen LogP contribution in [0.5, 0.6) is 0 Å². The zero-order chi connectivity index (χ0) is 14.4. The molecular weight excluding hydrogens is 252 g/mol. The third-order valence-electron chi connectivity index (χ3n) is 3.26. The van der Waals surface area contributed by atoms with Gasteiger partial charge in [-0.2, -0.15) is 5.10 Å². The summed E-state index contributed by atoms with van der Waals surface area (Å²) in [5, 5.41) is 7.79. The van der Waals surface area contributed by atoms with Gasteiger partial charge in [-0.1, -0.05) is 6.07 Å². The Kier molecular flexibility index (Phi) is 5.12. The summed E-state index contributed by atoms with van der Waals surface area (Å²) in [5.41, 5.74) is 2.33. The first-order valence-corrected chi connectivity index (χ1v) is 7.04. The average Bonchev–Trinajstić information content (AvgIpc) is 2.74. The molecule has 0 radical (unpaired) electrons. The fraction of sp³-hybridized carbons (Fsp3) is 0.467. The summed E-state index contributed by atoms with van der Waals surface area (Å²) >= 11 is 0. The van der Waals surface area contributed by atoms with Gasteiger partial charge in [-0.25, -0.2) is 0 Å². The summed E-state index contributed by atoms with van der Waals surface area (Å²) in [7, 11) is 0. The van der Waals surface area contributed by atoms with Crippen molar-refractivity contribution in [3.05, 3.63) is 52.2 Å². The summed E-state index contributed by atoms with van der Waals surface area (Å²) < 4.78 is 3.76. The number of hydrogen-bond donors (Lipinski definition) is 1. The number of aryl methyl sites for hydroxylation is 3. The Labute approximate surface area is 119 Å². The second-order valence-corrected chi connectivity index (χ2v) is 4.99. The van der Waals surface area contributed by atoms with E-state index in [1.807, 2.05) is 23.9 Å². The lowest BCUT2D eigenvalue weighted by atomic mass is 10.4. The van der Waals surface area contributed by atoms with Crippen LogP contribution in [0.25, 0.3) is 0 Å². The fourth-order valence-corrected chi connectivity index (χ4v) is 2.23. The monoisotopic (exact) mass is 274 g/mol. The van der Waals surface area contributed by atoms with Crippen LogP contribution in [0.15, 0.2) is 35.3 Å². The quantitative estimate of drug-likeness (QED) is 0.775. The lowest BCUT2D eigenvalue weighted by molar-refractivity contribution is 0.516. The maximum Gasteiger partial charge on any atom is 0.250 e. The van der Waals surface area contributed by atoms with Crippen molar-refractivity contribution in [3.63, 3.8) is 0 Å². The number of nitrogens with zero attached hydrogens (tertiary/aromatic N) is 3. The number of aromatic nitrogens is 3. The molecule has 2 aromatic heterocycles. The molecule has 2 rings (SSSR count). The standard InChI is InChI=1S/C15H22N4O/c1-13-12-14(2)19(17-13)10-5-7-16-8-11-18-9-4-3-6-15(18)20/h3-4,6,9,12,16H,5,7-8,10-11H2,1-2H3. The zero-order valence-electron chi connectivity index (χ0n) is 12.2. The van der Waals surface area contributed by atoms with Crippen molar-refractivity contribution in [3.8, 4) is 0 Å². The van der Waals surface area contributed by atoms with E-state index in [0.717, 1.165) is 31.7 Å². The van der Waals surface area contributed by atoms with Crippen molar-refractivity contribution in [2.24, 2.45) is 0 Å². The van der Waals surface area contributed by atoms with E-state index in [4.69, 9.17) is 0 Å². The third-order valence-corrected chi connectivity index (χ3v) is 3.26. The van der Waals surface area contributed by atoms with Crippen LogP contribution in [-0.2, 0) is 13.1 Å². The third kappa shape index (κ3) is 4.06. The summed E-state index contributed by atoms with van der Waals surface area (Å²) in [6, 6.07) is 7.32. The molecule has 0 saturated carbocycles. The molecule has 0 bridgehead atoms. The van der Waals surface area contributed by atoms with Crippen molar-refractivity contribution in [1.82, 2.24) is 19.7 Å².